The van der Waals surface area contributed by atoms with Crippen molar-refractivity contribution in [3.63, 3.8) is 0 Å². The third-order valence-corrected chi connectivity index (χ3v) is 3.67. The molecule has 2 rings (SSSR count). The van der Waals surface area contributed by atoms with Crippen molar-refractivity contribution in [1.29, 1.82) is 0 Å². The van der Waals surface area contributed by atoms with Crippen LogP contribution in [-0.4, -0.2) is 43.3 Å². The summed E-state index contributed by atoms with van der Waals surface area (Å²) in [5.41, 5.74) is 0.887. The average Bonchev–Trinajstić information content (AvgIpc) is 2.46. The maximum Gasteiger partial charge on any atom is 0.162 e. The molecule has 4 heteroatoms. The summed E-state index contributed by atoms with van der Waals surface area (Å²) in [6.07, 6.45) is 4.04. The van der Waals surface area contributed by atoms with Gasteiger partial charge in [0.15, 0.2) is 11.5 Å². The van der Waals surface area contributed by atoms with Gasteiger partial charge in [0.05, 0.1) is 7.11 Å². The molecular weight excluding hydrogens is 240 g/mol. The number of para-hydroxylation sites is 1. The monoisotopic (exact) mass is 264 g/mol. The van der Waals surface area contributed by atoms with Crippen molar-refractivity contribution in [2.45, 2.75) is 25.8 Å². The van der Waals surface area contributed by atoms with E-state index in [0.29, 0.717) is 12.3 Å². The molecule has 0 bridgehead atoms. The van der Waals surface area contributed by atoms with Crippen molar-refractivity contribution in [3.8, 4) is 11.5 Å². The third-order valence-electron chi connectivity index (χ3n) is 3.67. The average molecular weight is 264 g/mol. The van der Waals surface area contributed by atoms with E-state index in [1.54, 1.807) is 13.2 Å². The van der Waals surface area contributed by atoms with Crippen LogP contribution in [0.15, 0.2) is 18.2 Å². The minimum absolute atomic E-state index is 0.246. The Hall–Kier alpha value is -1.26. The van der Waals surface area contributed by atoms with E-state index >= 15 is 0 Å². The maximum absolute atomic E-state index is 9.96. The van der Waals surface area contributed by atoms with Gasteiger partial charge in [-0.25, -0.2) is 0 Å². The minimum atomic E-state index is 0.246. The third kappa shape index (κ3) is 4.11. The summed E-state index contributed by atoms with van der Waals surface area (Å²) < 4.78 is 5.10. The van der Waals surface area contributed by atoms with Crippen LogP contribution in [-0.2, 0) is 6.54 Å². The van der Waals surface area contributed by atoms with Gasteiger partial charge in [-0.1, -0.05) is 18.6 Å². The number of ether oxygens (including phenoxy) is 1. The largest absolute Gasteiger partial charge is 0.504 e. The fourth-order valence-corrected chi connectivity index (χ4v) is 2.52. The highest BCUT2D eigenvalue weighted by Gasteiger charge is 2.10. The number of hydrogen-bond acceptors (Lipinski definition) is 4. The van der Waals surface area contributed by atoms with Crippen LogP contribution in [0.5, 0.6) is 11.5 Å². The minimum Gasteiger partial charge on any atom is -0.504 e. The van der Waals surface area contributed by atoms with Gasteiger partial charge < -0.3 is 20.1 Å². The van der Waals surface area contributed by atoms with Gasteiger partial charge in [0.2, 0.25) is 0 Å². The molecular formula is C15H24N2O2. The molecule has 1 aliphatic heterocycles. The van der Waals surface area contributed by atoms with Crippen LogP contribution in [0.1, 0.15) is 24.8 Å². The van der Waals surface area contributed by atoms with Crippen molar-refractivity contribution in [2.24, 2.45) is 0 Å². The Kier molecular flexibility index (Phi) is 5.48. The van der Waals surface area contributed by atoms with E-state index in [4.69, 9.17) is 4.74 Å². The highest BCUT2D eigenvalue weighted by Crippen LogP contribution is 2.28. The number of nitrogens with zero attached hydrogens (tertiary/aromatic N) is 1. The molecule has 19 heavy (non-hydrogen) atoms. The van der Waals surface area contributed by atoms with E-state index in [1.807, 2.05) is 12.1 Å². The van der Waals surface area contributed by atoms with Crippen LogP contribution in [0.3, 0.4) is 0 Å². The molecule has 1 heterocycles. The highest BCUT2D eigenvalue weighted by molar-refractivity contribution is 5.45. The normalized spacial score (nSPS) is 16.5. The molecule has 2 N–H and O–H groups in total. The van der Waals surface area contributed by atoms with Crippen molar-refractivity contribution in [2.75, 3.05) is 33.3 Å². The van der Waals surface area contributed by atoms with Gasteiger partial charge in [-0.05, 0) is 32.0 Å². The number of methoxy groups -OCH3 is 1. The molecule has 4 nitrogen and oxygen atoms in total. The highest BCUT2D eigenvalue weighted by atomic mass is 16.5. The zero-order valence-electron chi connectivity index (χ0n) is 11.7. The second-order valence-electron chi connectivity index (χ2n) is 5.05. The van der Waals surface area contributed by atoms with E-state index in [-0.39, 0.29) is 5.75 Å². The van der Waals surface area contributed by atoms with Crippen LogP contribution < -0.4 is 10.1 Å². The molecule has 0 aromatic heterocycles. The Morgan fingerprint density at radius 1 is 1.26 bits per heavy atom. The Morgan fingerprint density at radius 2 is 2.05 bits per heavy atom. The van der Waals surface area contributed by atoms with Crippen molar-refractivity contribution in [3.05, 3.63) is 23.8 Å². The topological polar surface area (TPSA) is 44.7 Å². The van der Waals surface area contributed by atoms with E-state index in [1.165, 1.54) is 32.4 Å². The summed E-state index contributed by atoms with van der Waals surface area (Å²) >= 11 is 0. The lowest BCUT2D eigenvalue weighted by molar-refractivity contribution is 0.229. The predicted molar refractivity (Wildman–Crippen MR) is 76.7 cm³/mol. The van der Waals surface area contributed by atoms with Crippen LogP contribution in [0.2, 0.25) is 0 Å². The van der Waals surface area contributed by atoms with Gasteiger partial charge in [0, 0.05) is 25.2 Å². The summed E-state index contributed by atoms with van der Waals surface area (Å²) in [4.78, 5) is 2.50. The molecule has 0 unspecified atom stereocenters. The van der Waals surface area contributed by atoms with Crippen LogP contribution in [0.4, 0.5) is 0 Å². The number of rotatable bonds is 6. The molecule has 1 saturated heterocycles. The SMILES string of the molecule is COc1cccc(CNCCN2CCCCC2)c1O. The Labute approximate surface area is 115 Å². The lowest BCUT2D eigenvalue weighted by Gasteiger charge is -2.26. The smallest absolute Gasteiger partial charge is 0.162 e. The number of likely N-dealkylation sites (tertiary alicyclic amines) is 1. The molecule has 0 spiro atoms. The first kappa shape index (κ1) is 14.2. The summed E-state index contributed by atoms with van der Waals surface area (Å²) in [5.74, 6) is 0.783. The van der Waals surface area contributed by atoms with Crippen LogP contribution in [0.25, 0.3) is 0 Å². The number of benzene rings is 1. The van der Waals surface area contributed by atoms with E-state index < -0.39 is 0 Å². The second kappa shape index (κ2) is 7.36. The summed E-state index contributed by atoms with van der Waals surface area (Å²) in [6, 6.07) is 5.60. The predicted octanol–water partition coefficient (Wildman–Crippen LogP) is 1.98. The van der Waals surface area contributed by atoms with Gasteiger partial charge in [-0.2, -0.15) is 0 Å². The summed E-state index contributed by atoms with van der Waals surface area (Å²) in [7, 11) is 1.57. The maximum atomic E-state index is 9.96. The Morgan fingerprint density at radius 3 is 2.79 bits per heavy atom. The van der Waals surface area contributed by atoms with Crippen molar-refractivity contribution >= 4 is 0 Å². The number of phenolic OH excluding ortho intramolecular Hbond substituents is 1. The Balaban J connectivity index is 1.73. The zero-order chi connectivity index (χ0) is 13.5. The fraction of sp³-hybridized carbons (Fsp3) is 0.600. The first-order valence-corrected chi connectivity index (χ1v) is 7.09. The number of phenols is 1. The molecule has 106 valence electrons. The number of nitrogens with one attached hydrogen (secondary N) is 1. The lowest BCUT2D eigenvalue weighted by atomic mass is 10.1. The summed E-state index contributed by atoms with van der Waals surface area (Å²) in [5, 5.41) is 13.3. The molecule has 0 radical (unpaired) electrons. The van der Waals surface area contributed by atoms with Gasteiger partial charge >= 0.3 is 0 Å². The van der Waals surface area contributed by atoms with E-state index in [9.17, 15) is 5.11 Å². The molecule has 0 atom stereocenters. The fourth-order valence-electron chi connectivity index (χ4n) is 2.52. The van der Waals surface area contributed by atoms with Crippen molar-refractivity contribution in [1.82, 2.24) is 10.2 Å². The van der Waals surface area contributed by atoms with E-state index in [2.05, 4.69) is 10.2 Å². The van der Waals surface area contributed by atoms with Gasteiger partial charge in [-0.3, -0.25) is 0 Å². The van der Waals surface area contributed by atoms with Crippen LogP contribution in [0, 0.1) is 0 Å². The first-order chi connectivity index (χ1) is 9.31. The molecule has 0 aliphatic carbocycles. The van der Waals surface area contributed by atoms with Crippen molar-refractivity contribution < 1.29 is 9.84 Å². The van der Waals surface area contributed by atoms with Gasteiger partial charge in [-0.15, -0.1) is 0 Å². The van der Waals surface area contributed by atoms with Gasteiger partial charge in [0.25, 0.3) is 0 Å². The second-order valence-corrected chi connectivity index (χ2v) is 5.05. The first-order valence-electron chi connectivity index (χ1n) is 7.09. The molecule has 0 amide bonds. The number of piperidine rings is 1. The van der Waals surface area contributed by atoms with E-state index in [0.717, 1.165) is 18.7 Å². The number of hydrogen-bond donors (Lipinski definition) is 2. The zero-order valence-corrected chi connectivity index (χ0v) is 11.7. The lowest BCUT2D eigenvalue weighted by Crippen LogP contribution is -2.35. The molecule has 1 aromatic carbocycles. The van der Waals surface area contributed by atoms with Crippen LogP contribution >= 0.6 is 0 Å². The summed E-state index contributed by atoms with van der Waals surface area (Å²) in [6.45, 7) is 5.18. The Bertz CT molecular complexity index is 390. The molecule has 1 fully saturated rings. The standard InChI is InChI=1S/C15H24N2O2/c1-19-14-7-5-6-13(15(14)18)12-16-8-11-17-9-3-2-4-10-17/h5-7,16,18H,2-4,8-12H2,1H3. The number of aromatic hydroxyl groups is 1. The molecule has 0 saturated carbocycles. The molecule has 1 aliphatic rings. The van der Waals surface area contributed by atoms with Gasteiger partial charge in [0.1, 0.15) is 0 Å². The molecule has 1 aromatic rings. The quantitative estimate of drug-likeness (QED) is 0.771.